The van der Waals surface area contributed by atoms with Crippen molar-refractivity contribution in [1.29, 1.82) is 0 Å². The van der Waals surface area contributed by atoms with Crippen molar-refractivity contribution >= 4 is 16.8 Å². The Kier molecular flexibility index (Phi) is 4.77. The zero-order chi connectivity index (χ0) is 18.8. The van der Waals surface area contributed by atoms with Crippen LogP contribution in [0.15, 0.2) is 48.5 Å². The van der Waals surface area contributed by atoms with Crippen LogP contribution in [0.4, 0.5) is 0 Å². The second-order valence-electron chi connectivity index (χ2n) is 6.93. The van der Waals surface area contributed by atoms with Crippen LogP contribution in [0.3, 0.4) is 0 Å². The molecule has 4 rings (SSSR count). The van der Waals surface area contributed by atoms with Gasteiger partial charge >= 0.3 is 0 Å². The molecule has 0 unspecified atom stereocenters. The number of nitrogens with one attached hydrogen (secondary N) is 1. The first-order valence-corrected chi connectivity index (χ1v) is 9.17. The van der Waals surface area contributed by atoms with E-state index < -0.39 is 0 Å². The maximum absolute atomic E-state index is 11.8. The first-order chi connectivity index (χ1) is 13.1. The molecule has 0 aliphatic carbocycles. The van der Waals surface area contributed by atoms with Crippen LogP contribution in [0.25, 0.3) is 22.2 Å². The molecule has 27 heavy (non-hydrogen) atoms. The van der Waals surface area contributed by atoms with Gasteiger partial charge in [0, 0.05) is 30.6 Å². The summed E-state index contributed by atoms with van der Waals surface area (Å²) in [5, 5.41) is 4.01. The van der Waals surface area contributed by atoms with E-state index >= 15 is 0 Å². The number of rotatable bonds is 4. The number of pyridine rings is 1. The zero-order valence-electron chi connectivity index (χ0n) is 15.7. The highest BCUT2D eigenvalue weighted by Gasteiger charge is 2.19. The Balaban J connectivity index is 1.80. The van der Waals surface area contributed by atoms with Crippen molar-refractivity contribution in [2.75, 3.05) is 26.7 Å². The van der Waals surface area contributed by atoms with E-state index in [1.54, 1.807) is 7.11 Å². The van der Waals surface area contributed by atoms with Crippen molar-refractivity contribution < 1.29 is 9.53 Å². The number of methoxy groups -OCH3 is 1. The Hall–Kier alpha value is -2.92. The number of carbonyl (C=O) groups excluding carboxylic acids is 1. The summed E-state index contributed by atoms with van der Waals surface area (Å²) in [6.07, 6.45) is 0. The van der Waals surface area contributed by atoms with Crippen LogP contribution in [0.5, 0.6) is 5.75 Å². The summed E-state index contributed by atoms with van der Waals surface area (Å²) in [5.74, 6) is 0.904. The fourth-order valence-electron chi connectivity index (χ4n) is 3.58. The topological polar surface area (TPSA) is 54.5 Å². The Morgan fingerprint density at radius 3 is 2.74 bits per heavy atom. The van der Waals surface area contributed by atoms with Crippen molar-refractivity contribution in [3.8, 4) is 17.0 Å². The number of aromatic nitrogens is 1. The molecule has 1 fully saturated rings. The van der Waals surface area contributed by atoms with Gasteiger partial charge in [0.05, 0.1) is 24.9 Å². The Labute approximate surface area is 159 Å². The number of carbonyl (C=O) groups is 1. The number of hydrogen-bond acceptors (Lipinski definition) is 4. The lowest BCUT2D eigenvalue weighted by molar-refractivity contribution is -0.124. The van der Waals surface area contributed by atoms with Crippen molar-refractivity contribution in [3.63, 3.8) is 0 Å². The molecule has 5 heteroatoms. The average Bonchev–Trinajstić information content (AvgIpc) is 2.68. The van der Waals surface area contributed by atoms with E-state index in [0.717, 1.165) is 45.6 Å². The van der Waals surface area contributed by atoms with Crippen molar-refractivity contribution in [3.05, 3.63) is 59.7 Å². The van der Waals surface area contributed by atoms with Gasteiger partial charge in [0.1, 0.15) is 5.75 Å². The van der Waals surface area contributed by atoms with Gasteiger partial charge in [-0.1, -0.05) is 18.2 Å². The highest BCUT2D eigenvalue weighted by Crippen LogP contribution is 2.29. The number of fused-ring (bicyclic) bond motifs is 1. The quantitative estimate of drug-likeness (QED) is 0.776. The van der Waals surface area contributed by atoms with E-state index in [-0.39, 0.29) is 5.91 Å². The molecule has 1 aliphatic rings. The fourth-order valence-corrected chi connectivity index (χ4v) is 3.58. The lowest BCUT2D eigenvalue weighted by atomic mass is 10.0. The predicted molar refractivity (Wildman–Crippen MR) is 107 cm³/mol. The largest absolute Gasteiger partial charge is 0.497 e. The third-order valence-corrected chi connectivity index (χ3v) is 5.00. The van der Waals surface area contributed by atoms with Crippen molar-refractivity contribution in [1.82, 2.24) is 15.2 Å². The van der Waals surface area contributed by atoms with Crippen LogP contribution >= 0.6 is 0 Å². The highest BCUT2D eigenvalue weighted by atomic mass is 16.5. The predicted octanol–water partition coefficient (Wildman–Crippen LogP) is 3.15. The normalized spacial score (nSPS) is 15.0. The van der Waals surface area contributed by atoms with Crippen LogP contribution in [0, 0.1) is 6.92 Å². The van der Waals surface area contributed by atoms with Crippen molar-refractivity contribution in [2.24, 2.45) is 0 Å². The summed E-state index contributed by atoms with van der Waals surface area (Å²) in [6, 6.07) is 16.4. The molecular formula is C22H23N3O2. The summed E-state index contributed by atoms with van der Waals surface area (Å²) < 4.78 is 5.28. The first-order valence-electron chi connectivity index (χ1n) is 9.17. The van der Waals surface area contributed by atoms with E-state index in [0.29, 0.717) is 19.6 Å². The monoisotopic (exact) mass is 361 g/mol. The molecule has 2 heterocycles. The molecule has 1 amide bonds. The molecule has 1 saturated heterocycles. The fraction of sp³-hybridized carbons (Fsp3) is 0.273. The summed E-state index contributed by atoms with van der Waals surface area (Å²) in [6.45, 7) is 4.75. The van der Waals surface area contributed by atoms with Crippen LogP contribution in [-0.4, -0.2) is 42.5 Å². The van der Waals surface area contributed by atoms with E-state index in [9.17, 15) is 4.79 Å². The Morgan fingerprint density at radius 1 is 1.19 bits per heavy atom. The second kappa shape index (κ2) is 7.37. The third-order valence-electron chi connectivity index (χ3n) is 5.00. The maximum Gasteiger partial charge on any atom is 0.234 e. The minimum absolute atomic E-state index is 0.0804. The molecule has 1 N–H and O–H groups in total. The van der Waals surface area contributed by atoms with E-state index in [1.165, 1.54) is 0 Å². The number of piperazine rings is 1. The number of ether oxygens (including phenoxy) is 1. The van der Waals surface area contributed by atoms with Gasteiger partial charge in [-0.15, -0.1) is 0 Å². The van der Waals surface area contributed by atoms with Gasteiger partial charge in [-0.2, -0.15) is 0 Å². The molecule has 3 aromatic rings. The smallest absolute Gasteiger partial charge is 0.234 e. The third kappa shape index (κ3) is 3.64. The molecule has 1 aromatic heterocycles. The van der Waals surface area contributed by atoms with E-state index in [1.807, 2.05) is 24.3 Å². The molecular weight excluding hydrogens is 338 g/mol. The zero-order valence-corrected chi connectivity index (χ0v) is 15.7. The standard InChI is InChI=1S/C22H23N3O2/c1-15-4-3-5-17-12-18(13-25-11-10-23-20(26)14-25)22(24-21(15)17)16-6-8-19(27-2)9-7-16/h3-9,12H,10-11,13-14H2,1-2H3,(H,23,26). The number of amides is 1. The number of aryl methyl sites for hydroxylation is 1. The molecule has 2 aromatic carbocycles. The maximum atomic E-state index is 11.8. The molecule has 0 spiro atoms. The lowest BCUT2D eigenvalue weighted by Gasteiger charge is -2.27. The minimum atomic E-state index is 0.0804. The average molecular weight is 361 g/mol. The number of para-hydroxylation sites is 1. The molecule has 5 nitrogen and oxygen atoms in total. The number of benzene rings is 2. The molecule has 138 valence electrons. The summed E-state index contributed by atoms with van der Waals surface area (Å²) in [4.78, 5) is 19.0. The number of nitrogens with zero attached hydrogens (tertiary/aromatic N) is 2. The van der Waals surface area contributed by atoms with Gasteiger partial charge in [-0.25, -0.2) is 4.98 Å². The molecule has 0 bridgehead atoms. The van der Waals surface area contributed by atoms with Crippen LogP contribution < -0.4 is 10.1 Å². The summed E-state index contributed by atoms with van der Waals surface area (Å²) in [5.41, 5.74) is 5.32. The van der Waals surface area contributed by atoms with Gasteiger partial charge in [0.25, 0.3) is 0 Å². The van der Waals surface area contributed by atoms with E-state index in [4.69, 9.17) is 9.72 Å². The lowest BCUT2D eigenvalue weighted by Crippen LogP contribution is -2.47. The molecule has 0 atom stereocenters. The summed E-state index contributed by atoms with van der Waals surface area (Å²) >= 11 is 0. The van der Waals surface area contributed by atoms with Crippen LogP contribution in [-0.2, 0) is 11.3 Å². The second-order valence-corrected chi connectivity index (χ2v) is 6.93. The van der Waals surface area contributed by atoms with E-state index in [2.05, 4.69) is 41.4 Å². The van der Waals surface area contributed by atoms with Gasteiger partial charge in [0.15, 0.2) is 0 Å². The van der Waals surface area contributed by atoms with Crippen LogP contribution in [0.2, 0.25) is 0 Å². The van der Waals surface area contributed by atoms with Gasteiger partial charge in [-0.05, 0) is 48.4 Å². The molecule has 1 aliphatic heterocycles. The van der Waals surface area contributed by atoms with Crippen molar-refractivity contribution in [2.45, 2.75) is 13.5 Å². The Morgan fingerprint density at radius 2 is 2.00 bits per heavy atom. The highest BCUT2D eigenvalue weighted by molar-refractivity contribution is 5.86. The van der Waals surface area contributed by atoms with Gasteiger partial charge < -0.3 is 10.1 Å². The first kappa shape index (κ1) is 17.5. The Bertz CT molecular complexity index is 983. The SMILES string of the molecule is COc1ccc(-c2nc3c(C)cccc3cc2CN2CCNC(=O)C2)cc1. The molecule has 0 radical (unpaired) electrons. The number of hydrogen-bond donors (Lipinski definition) is 1. The summed E-state index contributed by atoms with van der Waals surface area (Å²) in [7, 11) is 1.67. The van der Waals surface area contributed by atoms with Crippen LogP contribution in [0.1, 0.15) is 11.1 Å². The molecule has 0 saturated carbocycles. The minimum Gasteiger partial charge on any atom is -0.497 e. The van der Waals surface area contributed by atoms with Gasteiger partial charge in [0.2, 0.25) is 5.91 Å². The van der Waals surface area contributed by atoms with Gasteiger partial charge in [-0.3, -0.25) is 9.69 Å².